The predicted molar refractivity (Wildman–Crippen MR) is 52.1 cm³/mol. The highest BCUT2D eigenvalue weighted by Crippen LogP contribution is 2.25. The Kier molecular flexibility index (Phi) is 2.14. The van der Waals surface area contributed by atoms with Crippen molar-refractivity contribution in [3.05, 3.63) is 42.1 Å². The van der Waals surface area contributed by atoms with Crippen molar-refractivity contribution in [3.8, 4) is 11.1 Å². The maximum atomic E-state index is 10.7. The lowest BCUT2D eigenvalue weighted by Crippen LogP contribution is -1.86. The third-order valence-electron chi connectivity index (χ3n) is 2.13. The lowest BCUT2D eigenvalue weighted by atomic mass is 10.0. The number of furan rings is 1. The minimum absolute atomic E-state index is 0.348. The van der Waals surface area contributed by atoms with E-state index in [9.17, 15) is 4.79 Å². The summed E-state index contributed by atoms with van der Waals surface area (Å²) in [5.74, 6) is 0.348. The smallest absolute Gasteiger partial charge is 0.185 e. The van der Waals surface area contributed by atoms with Gasteiger partial charge in [-0.05, 0) is 24.6 Å². The fourth-order valence-corrected chi connectivity index (χ4v) is 1.38. The molecule has 2 aromatic rings. The Morgan fingerprint density at radius 1 is 1.36 bits per heavy atom. The summed E-state index contributed by atoms with van der Waals surface area (Å²) in [7, 11) is 0. The zero-order valence-electron chi connectivity index (χ0n) is 7.73. The van der Waals surface area contributed by atoms with E-state index in [1.54, 1.807) is 18.5 Å². The van der Waals surface area contributed by atoms with E-state index in [1.807, 2.05) is 13.0 Å². The van der Waals surface area contributed by atoms with Crippen LogP contribution in [0.2, 0.25) is 0 Å². The third-order valence-corrected chi connectivity index (χ3v) is 2.13. The van der Waals surface area contributed by atoms with Crippen LogP contribution in [0.5, 0.6) is 0 Å². The Morgan fingerprint density at radius 3 is 2.93 bits per heavy atom. The molecule has 0 spiro atoms. The quantitative estimate of drug-likeness (QED) is 0.678. The van der Waals surface area contributed by atoms with Crippen molar-refractivity contribution in [1.82, 2.24) is 4.98 Å². The molecule has 0 aliphatic rings. The maximum Gasteiger partial charge on any atom is 0.185 e. The normalized spacial score (nSPS) is 10.1. The van der Waals surface area contributed by atoms with Crippen LogP contribution in [0.15, 0.2) is 35.2 Å². The number of hydrogen-bond acceptors (Lipinski definition) is 3. The summed E-state index contributed by atoms with van der Waals surface area (Å²) in [6.45, 7) is 1.97. The summed E-state index contributed by atoms with van der Waals surface area (Å²) in [6.07, 6.45) is 5.67. The van der Waals surface area contributed by atoms with Gasteiger partial charge in [-0.15, -0.1) is 0 Å². The summed E-state index contributed by atoms with van der Waals surface area (Å²) in [5, 5.41) is 0. The van der Waals surface area contributed by atoms with Gasteiger partial charge in [0.2, 0.25) is 0 Å². The molecule has 0 aliphatic carbocycles. The standard InChI is InChI=1S/C11H9NO2/c1-8-2-4-12-6-10(8)9-3-5-14-11(9)7-13/h2-7H,1H3. The predicted octanol–water partition coefficient (Wildman–Crippen LogP) is 2.46. The van der Waals surface area contributed by atoms with Gasteiger partial charge in [0.15, 0.2) is 12.0 Å². The van der Waals surface area contributed by atoms with Gasteiger partial charge in [-0.2, -0.15) is 0 Å². The number of nitrogens with zero attached hydrogens (tertiary/aromatic N) is 1. The number of pyridine rings is 1. The number of carbonyl (C=O) groups excluding carboxylic acids is 1. The minimum Gasteiger partial charge on any atom is -0.461 e. The zero-order valence-corrected chi connectivity index (χ0v) is 7.73. The Morgan fingerprint density at radius 2 is 2.21 bits per heavy atom. The molecule has 2 aromatic heterocycles. The molecule has 0 saturated heterocycles. The van der Waals surface area contributed by atoms with Crippen molar-refractivity contribution in [1.29, 1.82) is 0 Å². The topological polar surface area (TPSA) is 43.1 Å². The molecular formula is C11H9NO2. The molecule has 0 saturated carbocycles. The minimum atomic E-state index is 0.348. The average molecular weight is 187 g/mol. The van der Waals surface area contributed by atoms with E-state index in [-0.39, 0.29) is 0 Å². The fourth-order valence-electron chi connectivity index (χ4n) is 1.38. The molecule has 0 aliphatic heterocycles. The molecule has 0 N–H and O–H groups in total. The van der Waals surface area contributed by atoms with E-state index in [1.165, 1.54) is 6.26 Å². The van der Waals surface area contributed by atoms with Crippen molar-refractivity contribution in [2.45, 2.75) is 6.92 Å². The molecule has 3 heteroatoms. The van der Waals surface area contributed by atoms with E-state index >= 15 is 0 Å². The molecule has 0 radical (unpaired) electrons. The molecule has 0 unspecified atom stereocenters. The van der Waals surface area contributed by atoms with Crippen molar-refractivity contribution >= 4 is 6.29 Å². The molecule has 0 amide bonds. The zero-order chi connectivity index (χ0) is 9.97. The monoisotopic (exact) mass is 187 g/mol. The van der Waals surface area contributed by atoms with Crippen LogP contribution in [-0.4, -0.2) is 11.3 Å². The van der Waals surface area contributed by atoms with Gasteiger partial charge < -0.3 is 4.42 Å². The molecule has 0 bridgehead atoms. The van der Waals surface area contributed by atoms with Crippen LogP contribution < -0.4 is 0 Å². The SMILES string of the molecule is Cc1ccncc1-c1ccoc1C=O. The first-order chi connectivity index (χ1) is 6.83. The third kappa shape index (κ3) is 1.33. The molecule has 14 heavy (non-hydrogen) atoms. The first-order valence-corrected chi connectivity index (χ1v) is 4.26. The Hall–Kier alpha value is -1.90. The summed E-state index contributed by atoms with van der Waals surface area (Å²) >= 11 is 0. The van der Waals surface area contributed by atoms with Crippen LogP contribution >= 0.6 is 0 Å². The molecular weight excluding hydrogens is 178 g/mol. The summed E-state index contributed by atoms with van der Waals surface area (Å²) in [6, 6.07) is 3.67. The molecule has 0 aromatic carbocycles. The second-order valence-electron chi connectivity index (χ2n) is 3.01. The van der Waals surface area contributed by atoms with Gasteiger partial charge in [-0.3, -0.25) is 9.78 Å². The highest BCUT2D eigenvalue weighted by Gasteiger charge is 2.09. The molecule has 0 fully saturated rings. The molecule has 3 nitrogen and oxygen atoms in total. The highest BCUT2D eigenvalue weighted by molar-refractivity contribution is 5.84. The Labute approximate surface area is 81.4 Å². The van der Waals surface area contributed by atoms with Gasteiger partial charge in [0.05, 0.1) is 6.26 Å². The van der Waals surface area contributed by atoms with Gasteiger partial charge in [0.1, 0.15) is 0 Å². The van der Waals surface area contributed by atoms with E-state index < -0.39 is 0 Å². The van der Waals surface area contributed by atoms with Crippen LogP contribution in [0, 0.1) is 6.92 Å². The fraction of sp³-hybridized carbons (Fsp3) is 0.0909. The lowest BCUT2D eigenvalue weighted by molar-refractivity contribution is 0.110. The van der Waals surface area contributed by atoms with Crippen molar-refractivity contribution in [3.63, 3.8) is 0 Å². The van der Waals surface area contributed by atoms with Gasteiger partial charge in [0.25, 0.3) is 0 Å². The van der Waals surface area contributed by atoms with E-state index in [0.717, 1.165) is 16.7 Å². The van der Waals surface area contributed by atoms with E-state index in [4.69, 9.17) is 4.42 Å². The Balaban J connectivity index is 2.60. The van der Waals surface area contributed by atoms with Gasteiger partial charge >= 0.3 is 0 Å². The van der Waals surface area contributed by atoms with Crippen molar-refractivity contribution < 1.29 is 9.21 Å². The number of carbonyl (C=O) groups is 1. The number of hydrogen-bond donors (Lipinski definition) is 0. The first kappa shape index (κ1) is 8.69. The van der Waals surface area contributed by atoms with E-state index in [0.29, 0.717) is 12.0 Å². The van der Waals surface area contributed by atoms with Gasteiger partial charge in [0, 0.05) is 23.5 Å². The lowest BCUT2D eigenvalue weighted by Gasteiger charge is -2.01. The number of aromatic nitrogens is 1. The first-order valence-electron chi connectivity index (χ1n) is 4.26. The second kappa shape index (κ2) is 3.46. The van der Waals surface area contributed by atoms with Gasteiger partial charge in [-0.1, -0.05) is 0 Å². The van der Waals surface area contributed by atoms with Crippen LogP contribution in [0.1, 0.15) is 16.1 Å². The Bertz CT molecular complexity index is 460. The van der Waals surface area contributed by atoms with Crippen LogP contribution in [0.4, 0.5) is 0 Å². The summed E-state index contributed by atoms with van der Waals surface area (Å²) < 4.78 is 5.03. The van der Waals surface area contributed by atoms with Crippen LogP contribution in [0.25, 0.3) is 11.1 Å². The largest absolute Gasteiger partial charge is 0.461 e. The maximum absolute atomic E-state index is 10.7. The summed E-state index contributed by atoms with van der Waals surface area (Å²) in [4.78, 5) is 14.7. The van der Waals surface area contributed by atoms with E-state index in [2.05, 4.69) is 4.98 Å². The molecule has 2 rings (SSSR count). The number of aldehydes is 1. The average Bonchev–Trinajstić information content (AvgIpc) is 2.66. The number of aryl methyl sites for hydroxylation is 1. The van der Waals surface area contributed by atoms with Crippen molar-refractivity contribution in [2.24, 2.45) is 0 Å². The molecule has 70 valence electrons. The molecule has 2 heterocycles. The van der Waals surface area contributed by atoms with Gasteiger partial charge in [-0.25, -0.2) is 0 Å². The van der Waals surface area contributed by atoms with Crippen molar-refractivity contribution in [2.75, 3.05) is 0 Å². The van der Waals surface area contributed by atoms with Crippen LogP contribution in [0.3, 0.4) is 0 Å². The number of rotatable bonds is 2. The second-order valence-corrected chi connectivity index (χ2v) is 3.01. The molecule has 0 atom stereocenters. The highest BCUT2D eigenvalue weighted by atomic mass is 16.3. The van der Waals surface area contributed by atoms with Crippen LogP contribution in [-0.2, 0) is 0 Å². The summed E-state index contributed by atoms with van der Waals surface area (Å²) in [5.41, 5.74) is 2.80.